The summed E-state index contributed by atoms with van der Waals surface area (Å²) in [7, 11) is 0. The van der Waals surface area contributed by atoms with Crippen molar-refractivity contribution in [1.82, 2.24) is 0 Å². The zero-order valence-electron chi connectivity index (χ0n) is 11.9. The van der Waals surface area contributed by atoms with E-state index in [0.29, 0.717) is 6.61 Å². The van der Waals surface area contributed by atoms with E-state index in [0.717, 1.165) is 27.5 Å². The van der Waals surface area contributed by atoms with Crippen molar-refractivity contribution in [2.24, 2.45) is 0 Å². The third-order valence-corrected chi connectivity index (χ3v) is 4.66. The Morgan fingerprint density at radius 2 is 1.90 bits per heavy atom. The normalized spacial score (nSPS) is 12.2. The summed E-state index contributed by atoms with van der Waals surface area (Å²) in [6.07, 6.45) is 0. The third-order valence-electron chi connectivity index (χ3n) is 3.23. The van der Waals surface area contributed by atoms with Gasteiger partial charge in [0.25, 0.3) is 0 Å². The molecular formula is C17H18BrClO. The second-order valence-electron chi connectivity index (χ2n) is 4.85. The maximum Gasteiger partial charge on any atom is 0.123 e. The quantitative estimate of drug-likeness (QED) is 0.627. The molecule has 0 saturated heterocycles. The first-order valence-electron chi connectivity index (χ1n) is 6.66. The van der Waals surface area contributed by atoms with Crippen LogP contribution in [0.15, 0.2) is 36.4 Å². The molecule has 1 unspecified atom stereocenters. The second-order valence-corrected chi connectivity index (χ2v) is 6.17. The van der Waals surface area contributed by atoms with E-state index in [1.54, 1.807) is 0 Å². The number of benzene rings is 2. The van der Waals surface area contributed by atoms with Crippen LogP contribution in [0.4, 0.5) is 0 Å². The van der Waals surface area contributed by atoms with Crippen LogP contribution in [0, 0.1) is 13.8 Å². The fourth-order valence-electron chi connectivity index (χ4n) is 2.10. The van der Waals surface area contributed by atoms with Gasteiger partial charge in [-0.25, -0.2) is 0 Å². The van der Waals surface area contributed by atoms with Crippen LogP contribution >= 0.6 is 27.5 Å². The highest BCUT2D eigenvalue weighted by molar-refractivity contribution is 9.09. The van der Waals surface area contributed by atoms with E-state index < -0.39 is 0 Å². The number of ether oxygens (including phenoxy) is 1. The Labute approximate surface area is 134 Å². The largest absolute Gasteiger partial charge is 0.494 e. The predicted molar refractivity (Wildman–Crippen MR) is 89.3 cm³/mol. The maximum absolute atomic E-state index is 6.23. The fraction of sp³-hybridized carbons (Fsp3) is 0.294. The molecule has 0 radical (unpaired) electrons. The number of halogens is 2. The molecule has 0 fully saturated rings. The Hall–Kier alpha value is -0.990. The predicted octanol–water partition coefficient (Wildman–Crippen LogP) is 5.84. The van der Waals surface area contributed by atoms with Crippen molar-refractivity contribution in [3.63, 3.8) is 0 Å². The monoisotopic (exact) mass is 352 g/mol. The lowest BCUT2D eigenvalue weighted by Gasteiger charge is -2.17. The van der Waals surface area contributed by atoms with Crippen LogP contribution in [0.5, 0.6) is 5.75 Å². The molecule has 2 aromatic carbocycles. The standard InChI is InChI=1S/C17H18BrClO/c1-4-20-16-8-5-11(2)9-14(16)17(18)13-7-6-12(3)15(19)10-13/h5-10,17H,4H2,1-3H3. The first-order valence-corrected chi connectivity index (χ1v) is 7.95. The third kappa shape index (κ3) is 3.36. The molecule has 0 aliphatic rings. The van der Waals surface area contributed by atoms with Gasteiger partial charge in [0.2, 0.25) is 0 Å². The van der Waals surface area contributed by atoms with Crippen LogP contribution in [-0.2, 0) is 0 Å². The van der Waals surface area contributed by atoms with Crippen molar-refractivity contribution >= 4 is 27.5 Å². The Bertz CT molecular complexity index is 610. The molecule has 106 valence electrons. The van der Waals surface area contributed by atoms with Gasteiger partial charge in [0.1, 0.15) is 5.75 Å². The summed E-state index contributed by atoms with van der Waals surface area (Å²) in [5.74, 6) is 0.914. The van der Waals surface area contributed by atoms with Gasteiger partial charge < -0.3 is 4.74 Å². The van der Waals surface area contributed by atoms with Gasteiger partial charge in [0.15, 0.2) is 0 Å². The van der Waals surface area contributed by atoms with E-state index in [1.807, 2.05) is 32.0 Å². The average Bonchev–Trinajstić information content (AvgIpc) is 2.43. The van der Waals surface area contributed by atoms with Crippen molar-refractivity contribution in [1.29, 1.82) is 0 Å². The van der Waals surface area contributed by atoms with Gasteiger partial charge in [-0.2, -0.15) is 0 Å². The molecule has 0 bridgehead atoms. The summed E-state index contributed by atoms with van der Waals surface area (Å²) in [5.41, 5.74) is 4.56. The highest BCUT2D eigenvalue weighted by Crippen LogP contribution is 2.38. The lowest BCUT2D eigenvalue weighted by molar-refractivity contribution is 0.337. The number of aryl methyl sites for hydroxylation is 2. The molecule has 0 spiro atoms. The number of hydrogen-bond donors (Lipinski definition) is 0. The van der Waals surface area contributed by atoms with E-state index >= 15 is 0 Å². The fourth-order valence-corrected chi connectivity index (χ4v) is 2.93. The van der Waals surface area contributed by atoms with Gasteiger partial charge in [-0.15, -0.1) is 0 Å². The summed E-state index contributed by atoms with van der Waals surface area (Å²) >= 11 is 9.99. The van der Waals surface area contributed by atoms with Gasteiger partial charge in [-0.05, 0) is 44.0 Å². The molecule has 2 aromatic rings. The van der Waals surface area contributed by atoms with Gasteiger partial charge in [-0.1, -0.05) is 57.4 Å². The lowest BCUT2D eigenvalue weighted by Crippen LogP contribution is -2.00. The van der Waals surface area contributed by atoms with Crippen molar-refractivity contribution in [3.05, 3.63) is 63.7 Å². The molecule has 0 heterocycles. The highest BCUT2D eigenvalue weighted by Gasteiger charge is 2.16. The molecule has 1 nitrogen and oxygen atoms in total. The Kier molecular flexibility index (Phi) is 5.11. The van der Waals surface area contributed by atoms with Crippen molar-refractivity contribution in [2.45, 2.75) is 25.6 Å². The molecule has 0 N–H and O–H groups in total. The van der Waals surface area contributed by atoms with E-state index in [9.17, 15) is 0 Å². The number of hydrogen-bond acceptors (Lipinski definition) is 1. The summed E-state index contributed by atoms with van der Waals surface area (Å²) in [6.45, 7) is 6.74. The molecule has 3 heteroatoms. The molecule has 0 saturated carbocycles. The molecule has 0 aromatic heterocycles. The molecule has 0 aliphatic carbocycles. The average molecular weight is 354 g/mol. The number of alkyl halides is 1. The molecule has 1 atom stereocenters. The summed E-state index contributed by atoms with van der Waals surface area (Å²) in [5, 5.41) is 0.789. The van der Waals surface area contributed by atoms with Gasteiger partial charge in [0, 0.05) is 10.6 Å². The topological polar surface area (TPSA) is 9.23 Å². The molecular weight excluding hydrogens is 336 g/mol. The van der Waals surface area contributed by atoms with Crippen LogP contribution in [0.25, 0.3) is 0 Å². The summed E-state index contributed by atoms with van der Waals surface area (Å²) < 4.78 is 5.73. The maximum atomic E-state index is 6.23. The Morgan fingerprint density at radius 1 is 1.15 bits per heavy atom. The minimum absolute atomic E-state index is 0.0713. The van der Waals surface area contributed by atoms with Crippen LogP contribution < -0.4 is 4.74 Å². The van der Waals surface area contributed by atoms with Crippen LogP contribution in [0.2, 0.25) is 5.02 Å². The molecule has 0 amide bonds. The Balaban J connectivity index is 2.43. The molecule has 0 aliphatic heterocycles. The van der Waals surface area contributed by atoms with Crippen molar-refractivity contribution < 1.29 is 4.74 Å². The first kappa shape index (κ1) is 15.4. The minimum atomic E-state index is 0.0713. The summed E-state index contributed by atoms with van der Waals surface area (Å²) in [4.78, 5) is 0.0713. The molecule has 2 rings (SSSR count). The van der Waals surface area contributed by atoms with Crippen LogP contribution in [0.1, 0.15) is 34.0 Å². The number of rotatable bonds is 4. The first-order chi connectivity index (χ1) is 9.52. The van der Waals surface area contributed by atoms with Crippen LogP contribution in [0.3, 0.4) is 0 Å². The van der Waals surface area contributed by atoms with E-state index in [2.05, 4.69) is 41.1 Å². The summed E-state index contributed by atoms with van der Waals surface area (Å²) in [6, 6.07) is 12.4. The van der Waals surface area contributed by atoms with Crippen molar-refractivity contribution in [3.8, 4) is 5.75 Å². The SMILES string of the molecule is CCOc1ccc(C)cc1C(Br)c1ccc(C)c(Cl)c1. The van der Waals surface area contributed by atoms with E-state index in [-0.39, 0.29) is 4.83 Å². The van der Waals surface area contributed by atoms with Gasteiger partial charge in [0.05, 0.1) is 11.4 Å². The zero-order chi connectivity index (χ0) is 14.7. The van der Waals surface area contributed by atoms with Crippen molar-refractivity contribution in [2.75, 3.05) is 6.61 Å². The lowest BCUT2D eigenvalue weighted by atomic mass is 10.0. The zero-order valence-corrected chi connectivity index (χ0v) is 14.3. The second kappa shape index (κ2) is 6.64. The minimum Gasteiger partial charge on any atom is -0.494 e. The van der Waals surface area contributed by atoms with E-state index in [4.69, 9.17) is 16.3 Å². The smallest absolute Gasteiger partial charge is 0.123 e. The highest BCUT2D eigenvalue weighted by atomic mass is 79.9. The Morgan fingerprint density at radius 3 is 2.55 bits per heavy atom. The van der Waals surface area contributed by atoms with Gasteiger partial charge >= 0.3 is 0 Å². The van der Waals surface area contributed by atoms with Gasteiger partial charge in [-0.3, -0.25) is 0 Å². The molecule has 20 heavy (non-hydrogen) atoms. The van der Waals surface area contributed by atoms with E-state index in [1.165, 1.54) is 5.56 Å². The van der Waals surface area contributed by atoms with Crippen LogP contribution in [-0.4, -0.2) is 6.61 Å².